The Bertz CT molecular complexity index is 1610. The van der Waals surface area contributed by atoms with Crippen LogP contribution < -0.4 is 16.8 Å². The first-order valence-electron chi connectivity index (χ1n) is 12.5. The number of fused-ring (bicyclic) bond motifs is 3. The topological polar surface area (TPSA) is 104 Å². The average Bonchev–Trinajstić information content (AvgIpc) is 3.27. The summed E-state index contributed by atoms with van der Waals surface area (Å²) in [6.07, 6.45) is 3.88. The number of imidazole rings is 1. The maximum absolute atomic E-state index is 13.7. The van der Waals surface area contributed by atoms with Gasteiger partial charge in [0.05, 0.1) is 5.56 Å². The summed E-state index contributed by atoms with van der Waals surface area (Å²) in [5, 5.41) is 11.2. The van der Waals surface area contributed by atoms with Gasteiger partial charge in [0.2, 0.25) is 11.7 Å². The highest BCUT2D eigenvalue weighted by Crippen LogP contribution is 2.23. The number of benzene rings is 1. The van der Waals surface area contributed by atoms with E-state index in [0.717, 1.165) is 12.8 Å². The van der Waals surface area contributed by atoms with Gasteiger partial charge < -0.3 is 5.11 Å². The van der Waals surface area contributed by atoms with E-state index < -0.39 is 16.8 Å². The fourth-order valence-electron chi connectivity index (χ4n) is 4.43. The van der Waals surface area contributed by atoms with Gasteiger partial charge in [-0.05, 0) is 19.3 Å². The Hall–Kier alpha value is -3.53. The molecule has 0 atom stereocenters. The maximum Gasteiger partial charge on any atom is 0.332 e. The second-order valence-corrected chi connectivity index (χ2v) is 9.27. The number of rotatable bonds is 9. The van der Waals surface area contributed by atoms with Crippen LogP contribution in [0.5, 0.6) is 5.88 Å². The van der Waals surface area contributed by atoms with Crippen LogP contribution in [-0.2, 0) is 19.5 Å². The number of nitrogens with zero attached hydrogens (tertiary/aromatic N) is 5. The number of aryl methyl sites for hydroxylation is 1. The van der Waals surface area contributed by atoms with Crippen LogP contribution in [0.15, 0.2) is 44.7 Å². The van der Waals surface area contributed by atoms with Gasteiger partial charge in [-0.3, -0.25) is 18.7 Å². The number of unbranched alkanes of at least 4 members (excludes halogenated alkanes) is 2. The second-order valence-electron chi connectivity index (χ2n) is 8.88. The third-order valence-electron chi connectivity index (χ3n) is 6.34. The van der Waals surface area contributed by atoms with E-state index in [1.807, 2.05) is 39.0 Å². The first-order chi connectivity index (χ1) is 17.4. The number of hydrogen-bond acceptors (Lipinski definition) is 6. The van der Waals surface area contributed by atoms with Crippen LogP contribution in [0, 0.1) is 0 Å². The zero-order chi connectivity index (χ0) is 26.0. The van der Waals surface area contributed by atoms with Crippen LogP contribution in [-0.4, -0.2) is 33.2 Å². The van der Waals surface area contributed by atoms with Crippen molar-refractivity contribution in [3.8, 4) is 5.88 Å². The lowest BCUT2D eigenvalue weighted by atomic mass is 10.1. The summed E-state index contributed by atoms with van der Waals surface area (Å²) in [6.45, 7) is 6.49. The quantitative estimate of drug-likeness (QED) is 0.347. The Morgan fingerprint density at radius 3 is 2.17 bits per heavy atom. The molecule has 4 aromatic rings. The fraction of sp³-hybridized carbons (Fsp3) is 0.423. The Morgan fingerprint density at radius 1 is 0.917 bits per heavy atom. The van der Waals surface area contributed by atoms with Crippen molar-refractivity contribution in [3.63, 3.8) is 0 Å². The molecule has 4 rings (SSSR count). The van der Waals surface area contributed by atoms with Gasteiger partial charge in [0.25, 0.3) is 11.1 Å². The molecule has 0 aliphatic heterocycles. The summed E-state index contributed by atoms with van der Waals surface area (Å²) >= 11 is 5.73. The van der Waals surface area contributed by atoms with Crippen LogP contribution in [0.4, 0.5) is 0 Å². The molecule has 9 nitrogen and oxygen atoms in total. The standard InChI is InChI=1S/C26H31N5O4S/c1-4-7-15-28-20-19(23(34)29(26(28)35)16-8-5-2)30-21(32)18(12-6-3)22(33)31(25(30)27-20)24(36)17-13-10-9-11-14-17/h9-11,13-14,33H,4-8,12,15-16H2,1-3H3. The van der Waals surface area contributed by atoms with Crippen LogP contribution in [0.25, 0.3) is 16.9 Å². The van der Waals surface area contributed by atoms with E-state index in [0.29, 0.717) is 31.4 Å². The first-order valence-corrected chi connectivity index (χ1v) is 12.9. The summed E-state index contributed by atoms with van der Waals surface area (Å²) in [5.74, 6) is -0.288. The number of aromatic nitrogens is 5. The Morgan fingerprint density at radius 2 is 1.56 bits per heavy atom. The van der Waals surface area contributed by atoms with Crippen molar-refractivity contribution >= 4 is 34.1 Å². The third kappa shape index (κ3) is 4.19. The van der Waals surface area contributed by atoms with Crippen LogP contribution in [0.2, 0.25) is 0 Å². The number of hydrogen-bond donors (Lipinski definition) is 1. The smallest absolute Gasteiger partial charge is 0.332 e. The number of aromatic hydroxyl groups is 1. The summed E-state index contributed by atoms with van der Waals surface area (Å²) in [6, 6.07) is 9.09. The summed E-state index contributed by atoms with van der Waals surface area (Å²) in [7, 11) is 0. The molecule has 0 spiro atoms. The molecule has 36 heavy (non-hydrogen) atoms. The highest BCUT2D eigenvalue weighted by molar-refractivity contribution is 7.80. The second kappa shape index (κ2) is 10.6. The predicted molar refractivity (Wildman–Crippen MR) is 144 cm³/mol. The van der Waals surface area contributed by atoms with E-state index >= 15 is 0 Å². The maximum atomic E-state index is 13.7. The Labute approximate surface area is 213 Å². The van der Waals surface area contributed by atoms with E-state index in [4.69, 9.17) is 12.2 Å². The van der Waals surface area contributed by atoms with Crippen molar-refractivity contribution in [2.24, 2.45) is 0 Å². The van der Waals surface area contributed by atoms with E-state index in [9.17, 15) is 19.5 Å². The normalized spacial score (nSPS) is 11.5. The summed E-state index contributed by atoms with van der Waals surface area (Å²) in [5.41, 5.74) is -0.588. The van der Waals surface area contributed by atoms with Crippen molar-refractivity contribution in [2.45, 2.75) is 72.4 Å². The molecule has 3 aromatic heterocycles. The Balaban J connectivity index is 2.21. The van der Waals surface area contributed by atoms with Crippen molar-refractivity contribution in [1.29, 1.82) is 0 Å². The summed E-state index contributed by atoms with van der Waals surface area (Å²) < 4.78 is 5.22. The molecule has 0 saturated heterocycles. The molecular weight excluding hydrogens is 478 g/mol. The average molecular weight is 510 g/mol. The molecule has 0 aliphatic carbocycles. The minimum Gasteiger partial charge on any atom is -0.494 e. The van der Waals surface area contributed by atoms with Gasteiger partial charge in [-0.15, -0.1) is 0 Å². The lowest BCUT2D eigenvalue weighted by molar-refractivity contribution is 0.434. The van der Waals surface area contributed by atoms with Crippen LogP contribution in [0.1, 0.15) is 64.0 Å². The van der Waals surface area contributed by atoms with Gasteiger partial charge >= 0.3 is 5.69 Å². The molecule has 0 fully saturated rings. The predicted octanol–water partition coefficient (Wildman–Crippen LogP) is 3.45. The van der Waals surface area contributed by atoms with Gasteiger partial charge in [0.1, 0.15) is 4.99 Å². The highest BCUT2D eigenvalue weighted by atomic mass is 32.1. The van der Waals surface area contributed by atoms with Crippen LogP contribution in [0.3, 0.4) is 0 Å². The SMILES string of the molecule is CCCCn1c(=O)c2c(nc3n(C(=S)c4ccccc4)c(O)c(CCC)c(=O)n23)n(CCCC)c1=O. The Kier molecular flexibility index (Phi) is 7.53. The summed E-state index contributed by atoms with van der Waals surface area (Å²) in [4.78, 5) is 45.6. The molecule has 190 valence electrons. The van der Waals surface area contributed by atoms with Crippen molar-refractivity contribution in [3.05, 3.63) is 72.7 Å². The van der Waals surface area contributed by atoms with Crippen LogP contribution >= 0.6 is 12.2 Å². The van der Waals surface area contributed by atoms with Gasteiger partial charge in [-0.25, -0.2) is 13.8 Å². The van der Waals surface area contributed by atoms with Crippen molar-refractivity contribution in [2.75, 3.05) is 0 Å². The fourth-order valence-corrected chi connectivity index (χ4v) is 4.73. The van der Waals surface area contributed by atoms with E-state index in [2.05, 4.69) is 4.98 Å². The molecule has 0 aliphatic rings. The molecule has 0 unspecified atom stereocenters. The molecule has 1 N–H and O–H groups in total. The third-order valence-corrected chi connectivity index (χ3v) is 6.76. The lowest BCUT2D eigenvalue weighted by Crippen LogP contribution is -2.41. The van der Waals surface area contributed by atoms with Crippen molar-refractivity contribution in [1.82, 2.24) is 23.1 Å². The first kappa shape index (κ1) is 25.6. The van der Waals surface area contributed by atoms with E-state index in [1.54, 1.807) is 12.1 Å². The van der Waals surface area contributed by atoms with Gasteiger partial charge in [0.15, 0.2) is 11.2 Å². The highest BCUT2D eigenvalue weighted by Gasteiger charge is 2.26. The molecule has 0 saturated carbocycles. The molecule has 3 heterocycles. The lowest BCUT2D eigenvalue weighted by Gasteiger charge is -2.15. The molecule has 0 bridgehead atoms. The number of thiocarbonyl (C=S) groups is 1. The minimum atomic E-state index is -0.564. The van der Waals surface area contributed by atoms with Gasteiger partial charge in [-0.1, -0.05) is 82.6 Å². The molecular formula is C26H31N5O4S. The largest absolute Gasteiger partial charge is 0.494 e. The zero-order valence-electron chi connectivity index (χ0n) is 20.9. The minimum absolute atomic E-state index is 0.0104. The van der Waals surface area contributed by atoms with Gasteiger partial charge in [-0.2, -0.15) is 4.98 Å². The zero-order valence-corrected chi connectivity index (χ0v) is 21.7. The van der Waals surface area contributed by atoms with E-state index in [-0.39, 0.29) is 46.3 Å². The monoisotopic (exact) mass is 509 g/mol. The van der Waals surface area contributed by atoms with Crippen molar-refractivity contribution < 1.29 is 5.11 Å². The van der Waals surface area contributed by atoms with E-state index in [1.165, 1.54) is 18.1 Å². The molecule has 0 radical (unpaired) electrons. The molecule has 1 aromatic carbocycles. The molecule has 0 amide bonds. The van der Waals surface area contributed by atoms with Gasteiger partial charge in [0, 0.05) is 18.7 Å². The molecule has 10 heteroatoms.